The summed E-state index contributed by atoms with van der Waals surface area (Å²) in [6.07, 6.45) is 0.643. The van der Waals surface area contributed by atoms with Gasteiger partial charge in [0.05, 0.1) is 11.1 Å². The summed E-state index contributed by atoms with van der Waals surface area (Å²) in [6, 6.07) is 27.0. The minimum atomic E-state index is -0.947. The molecule has 0 aliphatic heterocycles. The average molecular weight is 501 g/mol. The maximum Gasteiger partial charge on any atom is 0.335 e. The Morgan fingerprint density at radius 3 is 2.22 bits per heavy atom. The molecule has 0 aliphatic carbocycles. The van der Waals surface area contributed by atoms with Crippen molar-refractivity contribution < 1.29 is 19.4 Å². The summed E-state index contributed by atoms with van der Waals surface area (Å²) in [5.41, 5.74) is 11.0. The standard InChI is InChI=1S/C29H25ClN2O4/c30-24-12-13-27(36-18-20-2-1-3-25(31)16-20)26(17-24)28(33)32-15-14-19-4-6-21(7-5-19)22-8-10-23(11-9-22)29(34)35/h1-13,16-17H,14-15,18,31H2,(H,32,33)(H,34,35). The first-order chi connectivity index (χ1) is 17.4. The molecule has 7 heteroatoms. The number of hydrogen-bond donors (Lipinski definition) is 3. The van der Waals surface area contributed by atoms with Crippen LogP contribution >= 0.6 is 11.6 Å². The van der Waals surface area contributed by atoms with Gasteiger partial charge < -0.3 is 20.9 Å². The second-order valence-corrected chi connectivity index (χ2v) is 8.70. The highest BCUT2D eigenvalue weighted by Gasteiger charge is 2.14. The smallest absolute Gasteiger partial charge is 0.335 e. The first-order valence-electron chi connectivity index (χ1n) is 11.4. The van der Waals surface area contributed by atoms with Crippen LogP contribution in [0.5, 0.6) is 5.75 Å². The summed E-state index contributed by atoms with van der Waals surface area (Å²) in [4.78, 5) is 23.9. The molecule has 0 radical (unpaired) electrons. The molecule has 4 rings (SSSR count). The summed E-state index contributed by atoms with van der Waals surface area (Å²) in [5.74, 6) is -0.774. The molecule has 4 aromatic rings. The Bertz CT molecular complexity index is 1370. The summed E-state index contributed by atoms with van der Waals surface area (Å²) < 4.78 is 5.89. The number of carboxylic acid groups (broad SMARTS) is 1. The molecule has 1 amide bonds. The van der Waals surface area contributed by atoms with Crippen LogP contribution in [0.1, 0.15) is 31.8 Å². The van der Waals surface area contributed by atoms with Crippen LogP contribution in [0.15, 0.2) is 91.0 Å². The van der Waals surface area contributed by atoms with Crippen molar-refractivity contribution in [3.05, 3.63) is 118 Å². The Balaban J connectivity index is 1.34. The van der Waals surface area contributed by atoms with Gasteiger partial charge in [0.25, 0.3) is 5.91 Å². The van der Waals surface area contributed by atoms with E-state index in [9.17, 15) is 9.59 Å². The van der Waals surface area contributed by atoms with Crippen LogP contribution < -0.4 is 15.8 Å². The number of amides is 1. The SMILES string of the molecule is Nc1cccc(COc2ccc(Cl)cc2C(=O)NCCc2ccc(-c3ccc(C(=O)O)cc3)cc2)c1. The molecule has 6 nitrogen and oxygen atoms in total. The van der Waals surface area contributed by atoms with Gasteiger partial charge >= 0.3 is 5.97 Å². The van der Waals surface area contributed by atoms with Gasteiger partial charge in [-0.05, 0) is 71.1 Å². The van der Waals surface area contributed by atoms with Crippen molar-refractivity contribution in [3.63, 3.8) is 0 Å². The van der Waals surface area contributed by atoms with Gasteiger partial charge in [-0.15, -0.1) is 0 Å². The number of nitrogen functional groups attached to an aromatic ring is 1. The van der Waals surface area contributed by atoms with Gasteiger partial charge in [-0.1, -0.05) is 60.1 Å². The molecule has 0 atom stereocenters. The lowest BCUT2D eigenvalue weighted by Crippen LogP contribution is -2.26. The van der Waals surface area contributed by atoms with E-state index in [-0.39, 0.29) is 18.1 Å². The zero-order valence-electron chi connectivity index (χ0n) is 19.4. The molecule has 182 valence electrons. The third kappa shape index (κ3) is 6.43. The minimum Gasteiger partial charge on any atom is -0.488 e. The number of benzene rings is 4. The Kier molecular flexibility index (Phi) is 7.88. The molecule has 0 heterocycles. The van der Waals surface area contributed by atoms with Crippen molar-refractivity contribution in [2.24, 2.45) is 0 Å². The molecule has 0 bridgehead atoms. The summed E-state index contributed by atoms with van der Waals surface area (Å²) in [5, 5.41) is 12.4. The Morgan fingerprint density at radius 1 is 0.861 bits per heavy atom. The molecule has 0 saturated carbocycles. The van der Waals surface area contributed by atoms with Gasteiger partial charge in [-0.2, -0.15) is 0 Å². The number of halogens is 1. The lowest BCUT2D eigenvalue weighted by molar-refractivity contribution is 0.0696. The number of nitrogens with two attached hydrogens (primary N) is 1. The van der Waals surface area contributed by atoms with Crippen molar-refractivity contribution >= 4 is 29.2 Å². The molecule has 4 N–H and O–H groups in total. The second kappa shape index (κ2) is 11.4. The maximum absolute atomic E-state index is 12.9. The van der Waals surface area contributed by atoms with E-state index in [4.69, 9.17) is 27.2 Å². The Labute approximate surface area is 214 Å². The van der Waals surface area contributed by atoms with Crippen LogP contribution in [0.2, 0.25) is 5.02 Å². The highest BCUT2D eigenvalue weighted by atomic mass is 35.5. The fraction of sp³-hybridized carbons (Fsp3) is 0.103. The van der Waals surface area contributed by atoms with Crippen molar-refractivity contribution in [2.45, 2.75) is 13.0 Å². The van der Waals surface area contributed by atoms with Crippen molar-refractivity contribution in [1.29, 1.82) is 0 Å². The highest BCUT2D eigenvalue weighted by molar-refractivity contribution is 6.31. The fourth-order valence-electron chi connectivity index (χ4n) is 3.73. The molecule has 0 aromatic heterocycles. The Hall–Kier alpha value is -4.29. The number of carbonyl (C=O) groups is 2. The number of carbonyl (C=O) groups excluding carboxylic acids is 1. The van der Waals surface area contributed by atoms with E-state index in [0.717, 1.165) is 22.3 Å². The average Bonchev–Trinajstić information content (AvgIpc) is 2.88. The van der Waals surface area contributed by atoms with Crippen LogP contribution in [0.4, 0.5) is 5.69 Å². The van der Waals surface area contributed by atoms with Gasteiger partial charge in [0.2, 0.25) is 0 Å². The number of nitrogens with one attached hydrogen (secondary N) is 1. The number of carboxylic acids is 1. The first-order valence-corrected chi connectivity index (χ1v) is 11.7. The maximum atomic E-state index is 12.9. The van der Waals surface area contributed by atoms with Gasteiger partial charge in [0.15, 0.2) is 0 Å². The molecule has 4 aromatic carbocycles. The van der Waals surface area contributed by atoms with E-state index >= 15 is 0 Å². The second-order valence-electron chi connectivity index (χ2n) is 8.26. The molecule has 0 fully saturated rings. The summed E-state index contributed by atoms with van der Waals surface area (Å²) in [7, 11) is 0. The number of ether oxygens (including phenoxy) is 1. The molecule has 0 unspecified atom stereocenters. The van der Waals surface area contributed by atoms with E-state index in [1.54, 1.807) is 48.5 Å². The highest BCUT2D eigenvalue weighted by Crippen LogP contribution is 2.25. The largest absolute Gasteiger partial charge is 0.488 e. The van der Waals surface area contributed by atoms with E-state index < -0.39 is 5.97 Å². The van der Waals surface area contributed by atoms with Crippen LogP contribution in [0.25, 0.3) is 11.1 Å². The molecule has 0 saturated heterocycles. The lowest BCUT2D eigenvalue weighted by atomic mass is 10.0. The molecule has 36 heavy (non-hydrogen) atoms. The van der Waals surface area contributed by atoms with E-state index in [2.05, 4.69) is 5.32 Å². The predicted octanol–water partition coefficient (Wildman–Crippen LogP) is 5.84. The fourth-order valence-corrected chi connectivity index (χ4v) is 3.91. The quantitative estimate of drug-likeness (QED) is 0.251. The number of hydrogen-bond acceptors (Lipinski definition) is 4. The van der Waals surface area contributed by atoms with Crippen LogP contribution in [-0.2, 0) is 13.0 Å². The molecular weight excluding hydrogens is 476 g/mol. The van der Waals surface area contributed by atoms with E-state index in [1.807, 2.05) is 42.5 Å². The summed E-state index contributed by atoms with van der Waals surface area (Å²) >= 11 is 6.14. The molecule has 0 aliphatic rings. The number of rotatable bonds is 9. The molecular formula is C29H25ClN2O4. The minimum absolute atomic E-state index is 0.254. The zero-order chi connectivity index (χ0) is 25.5. The first kappa shape index (κ1) is 24.8. The topological polar surface area (TPSA) is 102 Å². The Morgan fingerprint density at radius 2 is 1.56 bits per heavy atom. The van der Waals surface area contributed by atoms with E-state index in [1.165, 1.54) is 0 Å². The van der Waals surface area contributed by atoms with Crippen molar-refractivity contribution in [1.82, 2.24) is 5.32 Å². The zero-order valence-corrected chi connectivity index (χ0v) is 20.2. The third-order valence-corrected chi connectivity index (χ3v) is 5.89. The van der Waals surface area contributed by atoms with Gasteiger partial charge in [-0.25, -0.2) is 4.79 Å². The number of anilines is 1. The lowest BCUT2D eigenvalue weighted by Gasteiger charge is -2.13. The predicted molar refractivity (Wildman–Crippen MR) is 142 cm³/mol. The third-order valence-electron chi connectivity index (χ3n) is 5.65. The van der Waals surface area contributed by atoms with Gasteiger partial charge in [0.1, 0.15) is 12.4 Å². The van der Waals surface area contributed by atoms with E-state index in [0.29, 0.717) is 35.0 Å². The molecule has 0 spiro atoms. The van der Waals surface area contributed by atoms with Gasteiger partial charge in [-0.3, -0.25) is 4.79 Å². The summed E-state index contributed by atoms with van der Waals surface area (Å²) in [6.45, 7) is 0.713. The normalized spacial score (nSPS) is 10.6. The van der Waals surface area contributed by atoms with Crippen molar-refractivity contribution in [3.8, 4) is 16.9 Å². The van der Waals surface area contributed by atoms with Crippen LogP contribution in [-0.4, -0.2) is 23.5 Å². The number of aromatic carboxylic acids is 1. The van der Waals surface area contributed by atoms with Gasteiger partial charge in [0, 0.05) is 17.3 Å². The van der Waals surface area contributed by atoms with Crippen LogP contribution in [0.3, 0.4) is 0 Å². The van der Waals surface area contributed by atoms with Crippen LogP contribution in [0, 0.1) is 0 Å². The van der Waals surface area contributed by atoms with Crippen molar-refractivity contribution in [2.75, 3.05) is 12.3 Å². The monoisotopic (exact) mass is 500 g/mol.